The first-order chi connectivity index (χ1) is 10.4. The van der Waals surface area contributed by atoms with Crippen molar-refractivity contribution in [3.05, 3.63) is 33.9 Å². The number of nitro groups is 1. The van der Waals surface area contributed by atoms with Crippen LogP contribution in [0.5, 0.6) is 0 Å². The molecular formula is C13H16F3N3O4. The molecule has 1 aromatic carbocycles. The zero-order chi connectivity index (χ0) is 17.8. The summed E-state index contributed by atoms with van der Waals surface area (Å²) in [5.74, 6) is 0. The van der Waals surface area contributed by atoms with E-state index < -0.39 is 34.0 Å². The fourth-order valence-electron chi connectivity index (χ4n) is 1.87. The molecule has 0 saturated heterocycles. The minimum Gasteiger partial charge on any atom is -0.465 e. The smallest absolute Gasteiger partial charge is 0.416 e. The molecule has 0 atom stereocenters. The van der Waals surface area contributed by atoms with Crippen molar-refractivity contribution in [2.45, 2.75) is 32.0 Å². The third-order valence-corrected chi connectivity index (χ3v) is 3.02. The Labute approximate surface area is 129 Å². The lowest BCUT2D eigenvalue weighted by molar-refractivity contribution is -0.384. The summed E-state index contributed by atoms with van der Waals surface area (Å²) in [6.07, 6.45) is -5.61. The highest BCUT2D eigenvalue weighted by atomic mass is 19.4. The number of nitrogens with one attached hydrogen (secondary N) is 2. The molecule has 23 heavy (non-hydrogen) atoms. The number of alkyl halides is 3. The van der Waals surface area contributed by atoms with Crippen molar-refractivity contribution in [3.8, 4) is 0 Å². The topological polar surface area (TPSA) is 104 Å². The second-order valence-electron chi connectivity index (χ2n) is 5.48. The van der Waals surface area contributed by atoms with Gasteiger partial charge in [0, 0.05) is 18.2 Å². The summed E-state index contributed by atoms with van der Waals surface area (Å²) < 4.78 is 37.9. The lowest BCUT2D eigenvalue weighted by atomic mass is 9.99. The maximum absolute atomic E-state index is 12.6. The summed E-state index contributed by atoms with van der Waals surface area (Å²) in [5, 5.41) is 24.4. The Morgan fingerprint density at radius 1 is 1.35 bits per heavy atom. The van der Waals surface area contributed by atoms with Gasteiger partial charge in [-0.15, -0.1) is 0 Å². The fraction of sp³-hybridized carbons (Fsp3) is 0.462. The van der Waals surface area contributed by atoms with Crippen molar-refractivity contribution in [1.29, 1.82) is 0 Å². The average molecular weight is 335 g/mol. The van der Waals surface area contributed by atoms with Gasteiger partial charge in [-0.1, -0.05) is 0 Å². The van der Waals surface area contributed by atoms with Crippen LogP contribution in [-0.2, 0) is 6.18 Å². The van der Waals surface area contributed by atoms with E-state index in [9.17, 15) is 28.1 Å². The van der Waals surface area contributed by atoms with Gasteiger partial charge in [-0.25, -0.2) is 4.79 Å². The molecule has 0 radical (unpaired) electrons. The molecule has 0 aromatic heterocycles. The number of halogens is 3. The number of benzene rings is 1. The van der Waals surface area contributed by atoms with Crippen LogP contribution in [0.2, 0.25) is 0 Å². The maximum Gasteiger partial charge on any atom is 0.416 e. The van der Waals surface area contributed by atoms with Crippen molar-refractivity contribution >= 4 is 17.5 Å². The van der Waals surface area contributed by atoms with E-state index in [1.165, 1.54) is 0 Å². The monoisotopic (exact) mass is 335 g/mol. The lowest BCUT2D eigenvalue weighted by Crippen LogP contribution is -2.36. The molecule has 0 aliphatic heterocycles. The van der Waals surface area contributed by atoms with Gasteiger partial charge in [0.25, 0.3) is 5.69 Å². The second-order valence-corrected chi connectivity index (χ2v) is 5.48. The molecule has 0 fully saturated rings. The molecule has 1 rings (SSSR count). The van der Waals surface area contributed by atoms with Crippen LogP contribution < -0.4 is 10.6 Å². The third-order valence-electron chi connectivity index (χ3n) is 3.02. The molecular weight excluding hydrogens is 319 g/mol. The van der Waals surface area contributed by atoms with Crippen LogP contribution in [0.15, 0.2) is 18.2 Å². The van der Waals surface area contributed by atoms with Crippen LogP contribution in [0.25, 0.3) is 0 Å². The van der Waals surface area contributed by atoms with Gasteiger partial charge in [0.2, 0.25) is 0 Å². The number of nitrogens with zero attached hydrogens (tertiary/aromatic N) is 1. The van der Waals surface area contributed by atoms with Crippen LogP contribution in [0.3, 0.4) is 0 Å². The van der Waals surface area contributed by atoms with E-state index in [0.717, 1.165) is 12.1 Å². The van der Waals surface area contributed by atoms with E-state index >= 15 is 0 Å². The molecule has 0 heterocycles. The highest BCUT2D eigenvalue weighted by Crippen LogP contribution is 2.36. The van der Waals surface area contributed by atoms with E-state index in [4.69, 9.17) is 5.11 Å². The summed E-state index contributed by atoms with van der Waals surface area (Å²) >= 11 is 0. The minimum atomic E-state index is -4.68. The minimum absolute atomic E-state index is 0.0664. The average Bonchev–Trinajstić information content (AvgIpc) is 2.36. The van der Waals surface area contributed by atoms with Gasteiger partial charge < -0.3 is 15.7 Å². The normalized spacial score (nSPS) is 11.9. The molecule has 3 N–H and O–H groups in total. The van der Waals surface area contributed by atoms with Crippen LogP contribution in [0.1, 0.15) is 25.8 Å². The predicted octanol–water partition coefficient (Wildman–Crippen LogP) is 3.46. The number of nitro benzene ring substituents is 1. The molecule has 128 valence electrons. The number of anilines is 1. The summed E-state index contributed by atoms with van der Waals surface area (Å²) in [7, 11) is 0. The number of carboxylic acid groups (broad SMARTS) is 1. The number of amides is 1. The molecule has 0 spiro atoms. The van der Waals surface area contributed by atoms with Crippen molar-refractivity contribution in [1.82, 2.24) is 5.32 Å². The summed E-state index contributed by atoms with van der Waals surface area (Å²) in [6.45, 7) is 3.39. The highest BCUT2D eigenvalue weighted by Gasteiger charge is 2.33. The predicted molar refractivity (Wildman–Crippen MR) is 76.4 cm³/mol. The first kappa shape index (κ1) is 18.5. The van der Waals surface area contributed by atoms with Crippen LogP contribution >= 0.6 is 0 Å². The molecule has 0 bridgehead atoms. The van der Waals surface area contributed by atoms with E-state index in [1.807, 2.05) is 0 Å². The molecule has 0 saturated carbocycles. The van der Waals surface area contributed by atoms with E-state index in [2.05, 4.69) is 10.6 Å². The van der Waals surface area contributed by atoms with Crippen LogP contribution in [0.4, 0.5) is 29.3 Å². The quantitative estimate of drug-likeness (QED) is 0.545. The van der Waals surface area contributed by atoms with Crippen molar-refractivity contribution in [2.24, 2.45) is 0 Å². The Morgan fingerprint density at radius 2 is 1.96 bits per heavy atom. The van der Waals surface area contributed by atoms with Gasteiger partial charge in [0.15, 0.2) is 0 Å². The number of rotatable bonds is 6. The Bertz CT molecular complexity index is 603. The fourth-order valence-corrected chi connectivity index (χ4v) is 1.87. The van der Waals surface area contributed by atoms with E-state index in [1.54, 1.807) is 13.8 Å². The highest BCUT2D eigenvalue weighted by molar-refractivity contribution is 5.65. The number of carbonyl (C=O) groups is 1. The molecule has 1 aromatic rings. The molecule has 0 aliphatic rings. The second kappa shape index (κ2) is 6.71. The molecule has 0 aliphatic carbocycles. The van der Waals surface area contributed by atoms with Crippen molar-refractivity contribution in [2.75, 3.05) is 11.9 Å². The van der Waals surface area contributed by atoms with Gasteiger partial charge in [-0.3, -0.25) is 10.1 Å². The van der Waals surface area contributed by atoms with Crippen molar-refractivity contribution in [3.63, 3.8) is 0 Å². The Morgan fingerprint density at radius 3 is 2.43 bits per heavy atom. The van der Waals surface area contributed by atoms with Gasteiger partial charge in [-0.05, 0) is 32.4 Å². The summed E-state index contributed by atoms with van der Waals surface area (Å²) in [5.41, 5.74) is -2.64. The number of hydrogen-bond donors (Lipinski definition) is 3. The Balaban J connectivity index is 2.99. The van der Waals surface area contributed by atoms with E-state index in [0.29, 0.717) is 6.07 Å². The maximum atomic E-state index is 12.6. The zero-order valence-corrected chi connectivity index (χ0v) is 12.4. The Kier molecular flexibility index (Phi) is 5.41. The Hall–Kier alpha value is -2.52. The number of hydrogen-bond acceptors (Lipinski definition) is 4. The zero-order valence-electron chi connectivity index (χ0n) is 12.4. The first-order valence-electron chi connectivity index (χ1n) is 6.53. The molecule has 0 unspecified atom stereocenters. The van der Waals surface area contributed by atoms with Gasteiger partial charge in [0.05, 0.1) is 10.5 Å². The summed E-state index contributed by atoms with van der Waals surface area (Å²) in [6, 6.07) is 2.21. The SMILES string of the molecule is CC(C)(CCNC(=O)O)Nc1ccc(C(F)(F)F)cc1[N+](=O)[O-]. The van der Waals surface area contributed by atoms with Gasteiger partial charge in [-0.2, -0.15) is 13.2 Å². The third kappa shape index (κ3) is 5.64. The largest absolute Gasteiger partial charge is 0.465 e. The van der Waals surface area contributed by atoms with Gasteiger partial charge >= 0.3 is 12.3 Å². The van der Waals surface area contributed by atoms with E-state index in [-0.39, 0.29) is 18.7 Å². The summed E-state index contributed by atoms with van der Waals surface area (Å²) in [4.78, 5) is 20.5. The lowest BCUT2D eigenvalue weighted by Gasteiger charge is -2.27. The standard InChI is InChI=1S/C13H16F3N3O4/c1-12(2,5-6-17-11(20)21)18-9-4-3-8(13(14,15)16)7-10(9)19(22)23/h3-4,7,17-18H,5-6H2,1-2H3,(H,20,21). The van der Waals surface area contributed by atoms with Crippen molar-refractivity contribution < 1.29 is 28.0 Å². The molecule has 7 nitrogen and oxygen atoms in total. The van der Waals surface area contributed by atoms with Crippen LogP contribution in [-0.4, -0.2) is 28.2 Å². The molecule has 10 heteroatoms. The molecule has 1 amide bonds. The first-order valence-corrected chi connectivity index (χ1v) is 6.53. The van der Waals surface area contributed by atoms with Crippen LogP contribution in [0, 0.1) is 10.1 Å². The van der Waals surface area contributed by atoms with Gasteiger partial charge in [0.1, 0.15) is 5.69 Å².